The van der Waals surface area contributed by atoms with Crippen molar-refractivity contribution in [1.82, 2.24) is 4.90 Å². The fourth-order valence-electron chi connectivity index (χ4n) is 1.74. The fourth-order valence-corrected chi connectivity index (χ4v) is 1.74. The van der Waals surface area contributed by atoms with Crippen LogP contribution in [0.2, 0.25) is 0 Å². The lowest BCUT2D eigenvalue weighted by atomic mass is 10.1. The minimum absolute atomic E-state index is 0.0515. The van der Waals surface area contributed by atoms with Crippen molar-refractivity contribution in [2.24, 2.45) is 0 Å². The smallest absolute Gasteiger partial charge is 0.396 e. The monoisotopic (exact) mass is 289 g/mol. The van der Waals surface area contributed by atoms with Gasteiger partial charge in [0.05, 0.1) is 5.56 Å². The summed E-state index contributed by atoms with van der Waals surface area (Å²) in [6, 6.07) is 4.78. The molecule has 1 aromatic carbocycles. The van der Waals surface area contributed by atoms with Crippen LogP contribution in [0, 0.1) is 0 Å². The van der Waals surface area contributed by atoms with Gasteiger partial charge < -0.3 is 10.0 Å². The van der Waals surface area contributed by atoms with E-state index in [1.54, 1.807) is 7.05 Å². The Morgan fingerprint density at radius 3 is 2.30 bits per heavy atom. The minimum Gasteiger partial charge on any atom is -0.396 e. The van der Waals surface area contributed by atoms with Crippen molar-refractivity contribution in [3.05, 3.63) is 35.4 Å². The maximum absolute atomic E-state index is 12.4. The van der Waals surface area contributed by atoms with E-state index >= 15 is 0 Å². The topological polar surface area (TPSA) is 40.5 Å². The number of carbonyl (C=O) groups is 1. The number of alkyl halides is 3. The second-order valence-electron chi connectivity index (χ2n) is 4.63. The van der Waals surface area contributed by atoms with E-state index < -0.39 is 11.7 Å². The summed E-state index contributed by atoms with van der Waals surface area (Å²) in [5, 5.41) is 8.63. The van der Waals surface area contributed by atoms with Crippen LogP contribution in [0.15, 0.2) is 24.3 Å². The molecule has 1 N–H and O–H groups in total. The van der Waals surface area contributed by atoms with E-state index in [1.165, 1.54) is 17.0 Å². The predicted molar refractivity (Wildman–Crippen MR) is 68.9 cm³/mol. The molecule has 0 heterocycles. The van der Waals surface area contributed by atoms with Crippen LogP contribution in [0.4, 0.5) is 13.2 Å². The van der Waals surface area contributed by atoms with Crippen LogP contribution in [-0.2, 0) is 17.5 Å². The second kappa shape index (κ2) is 7.28. The maximum atomic E-state index is 12.4. The summed E-state index contributed by atoms with van der Waals surface area (Å²) in [6.45, 7) is 0.325. The number of nitrogens with zero attached hydrogens (tertiary/aromatic N) is 1. The molecule has 0 aliphatic carbocycles. The van der Waals surface area contributed by atoms with Gasteiger partial charge in [0, 0.05) is 26.6 Å². The summed E-state index contributed by atoms with van der Waals surface area (Å²) in [4.78, 5) is 13.2. The Kier molecular flexibility index (Phi) is 6.01. The lowest BCUT2D eigenvalue weighted by Crippen LogP contribution is -2.25. The molecule has 1 aromatic rings. The van der Waals surface area contributed by atoms with Gasteiger partial charge in [-0.05, 0) is 30.5 Å². The molecule has 0 saturated carbocycles. The number of hydrogen-bond acceptors (Lipinski definition) is 2. The first-order valence-corrected chi connectivity index (χ1v) is 6.35. The standard InChI is InChI=1S/C14H18F3NO2/c1-18(13(20)4-2-3-9-19)10-11-5-7-12(8-6-11)14(15,16)17/h5-8,19H,2-4,9-10H2,1H3. The van der Waals surface area contributed by atoms with E-state index in [-0.39, 0.29) is 19.1 Å². The number of aliphatic hydroxyl groups is 1. The lowest BCUT2D eigenvalue weighted by Gasteiger charge is -2.17. The molecule has 0 bridgehead atoms. The molecule has 0 unspecified atom stereocenters. The van der Waals surface area contributed by atoms with Gasteiger partial charge in [0.15, 0.2) is 0 Å². The van der Waals surface area contributed by atoms with E-state index in [0.717, 1.165) is 12.1 Å². The van der Waals surface area contributed by atoms with Crippen LogP contribution in [0.1, 0.15) is 30.4 Å². The van der Waals surface area contributed by atoms with Gasteiger partial charge in [0.1, 0.15) is 0 Å². The number of carbonyl (C=O) groups excluding carboxylic acids is 1. The normalized spacial score (nSPS) is 11.4. The Balaban J connectivity index is 2.53. The summed E-state index contributed by atoms with van der Waals surface area (Å²) < 4.78 is 37.2. The average molecular weight is 289 g/mol. The lowest BCUT2D eigenvalue weighted by molar-refractivity contribution is -0.137. The third kappa shape index (κ3) is 5.21. The quantitative estimate of drug-likeness (QED) is 0.818. The van der Waals surface area contributed by atoms with Crippen LogP contribution < -0.4 is 0 Å². The zero-order valence-electron chi connectivity index (χ0n) is 11.3. The number of rotatable bonds is 6. The van der Waals surface area contributed by atoms with E-state index in [0.29, 0.717) is 24.8 Å². The van der Waals surface area contributed by atoms with Gasteiger partial charge in [-0.2, -0.15) is 13.2 Å². The van der Waals surface area contributed by atoms with Crippen molar-refractivity contribution in [3.63, 3.8) is 0 Å². The Morgan fingerprint density at radius 1 is 1.20 bits per heavy atom. The molecule has 6 heteroatoms. The van der Waals surface area contributed by atoms with E-state index in [1.807, 2.05) is 0 Å². The number of unbranched alkanes of at least 4 members (excludes halogenated alkanes) is 1. The van der Waals surface area contributed by atoms with Crippen molar-refractivity contribution >= 4 is 5.91 Å². The highest BCUT2D eigenvalue weighted by molar-refractivity contribution is 5.75. The van der Waals surface area contributed by atoms with Gasteiger partial charge in [-0.15, -0.1) is 0 Å². The van der Waals surface area contributed by atoms with E-state index in [4.69, 9.17) is 5.11 Å². The van der Waals surface area contributed by atoms with E-state index in [9.17, 15) is 18.0 Å². The maximum Gasteiger partial charge on any atom is 0.416 e. The van der Waals surface area contributed by atoms with Gasteiger partial charge >= 0.3 is 6.18 Å². The van der Waals surface area contributed by atoms with Crippen molar-refractivity contribution in [1.29, 1.82) is 0 Å². The molecule has 1 rings (SSSR count). The highest BCUT2D eigenvalue weighted by Gasteiger charge is 2.29. The Bertz CT molecular complexity index is 429. The van der Waals surface area contributed by atoms with Gasteiger partial charge in [-0.1, -0.05) is 12.1 Å². The summed E-state index contributed by atoms with van der Waals surface area (Å²) in [7, 11) is 1.61. The summed E-state index contributed by atoms with van der Waals surface area (Å²) in [6.07, 6.45) is -2.84. The summed E-state index contributed by atoms with van der Waals surface area (Å²) in [5.74, 6) is -0.0849. The SMILES string of the molecule is CN(Cc1ccc(C(F)(F)F)cc1)C(=O)CCCCO. The van der Waals surface area contributed by atoms with Crippen molar-refractivity contribution in [2.75, 3.05) is 13.7 Å². The zero-order valence-corrected chi connectivity index (χ0v) is 11.3. The largest absolute Gasteiger partial charge is 0.416 e. The molecule has 3 nitrogen and oxygen atoms in total. The van der Waals surface area contributed by atoms with Crippen LogP contribution in [0.5, 0.6) is 0 Å². The number of amides is 1. The Hall–Kier alpha value is -1.56. The number of aliphatic hydroxyl groups excluding tert-OH is 1. The van der Waals surface area contributed by atoms with Crippen LogP contribution >= 0.6 is 0 Å². The van der Waals surface area contributed by atoms with Crippen molar-refractivity contribution in [2.45, 2.75) is 32.0 Å². The van der Waals surface area contributed by atoms with Gasteiger partial charge in [0.2, 0.25) is 5.91 Å². The molecule has 1 amide bonds. The van der Waals surface area contributed by atoms with Crippen LogP contribution in [-0.4, -0.2) is 29.6 Å². The molecular weight excluding hydrogens is 271 g/mol. The molecular formula is C14H18F3NO2. The van der Waals surface area contributed by atoms with Gasteiger partial charge in [0.25, 0.3) is 0 Å². The minimum atomic E-state index is -4.34. The first-order valence-electron chi connectivity index (χ1n) is 6.35. The van der Waals surface area contributed by atoms with Crippen molar-refractivity contribution < 1.29 is 23.1 Å². The van der Waals surface area contributed by atoms with Gasteiger partial charge in [-0.3, -0.25) is 4.79 Å². The summed E-state index contributed by atoms with van der Waals surface area (Å²) in [5.41, 5.74) is -0.0471. The molecule has 0 aliphatic heterocycles. The molecule has 0 spiro atoms. The molecule has 0 saturated heterocycles. The second-order valence-corrected chi connectivity index (χ2v) is 4.63. The highest BCUT2D eigenvalue weighted by Crippen LogP contribution is 2.29. The van der Waals surface area contributed by atoms with Crippen molar-refractivity contribution in [3.8, 4) is 0 Å². The Labute approximate surface area is 116 Å². The van der Waals surface area contributed by atoms with Crippen LogP contribution in [0.3, 0.4) is 0 Å². The van der Waals surface area contributed by atoms with E-state index in [2.05, 4.69) is 0 Å². The number of halogens is 3. The molecule has 0 radical (unpaired) electrons. The molecule has 0 aliphatic rings. The predicted octanol–water partition coefficient (Wildman–Crippen LogP) is 2.83. The number of hydrogen-bond donors (Lipinski definition) is 1. The van der Waals surface area contributed by atoms with Gasteiger partial charge in [-0.25, -0.2) is 0 Å². The zero-order chi connectivity index (χ0) is 15.2. The molecule has 0 atom stereocenters. The highest BCUT2D eigenvalue weighted by atomic mass is 19.4. The molecule has 0 aromatic heterocycles. The fraction of sp³-hybridized carbons (Fsp3) is 0.500. The first kappa shape index (κ1) is 16.5. The third-order valence-corrected chi connectivity index (χ3v) is 2.93. The number of benzene rings is 1. The first-order chi connectivity index (χ1) is 9.34. The molecule has 20 heavy (non-hydrogen) atoms. The average Bonchev–Trinajstić information content (AvgIpc) is 2.38. The molecule has 0 fully saturated rings. The third-order valence-electron chi connectivity index (χ3n) is 2.93. The Morgan fingerprint density at radius 2 is 1.80 bits per heavy atom. The summed E-state index contributed by atoms with van der Waals surface area (Å²) >= 11 is 0. The molecule has 112 valence electrons. The van der Waals surface area contributed by atoms with Crippen LogP contribution in [0.25, 0.3) is 0 Å².